The second-order valence-electron chi connectivity index (χ2n) is 6.78. The second kappa shape index (κ2) is 7.97. The van der Waals surface area contributed by atoms with Crippen LogP contribution in [0.3, 0.4) is 0 Å². The standard InChI is InChI=1S/C21H19ClN4O3/c1-13(15-7-8-18-16(9-15)25-19(27)12-29-18)24-17-10-23-26(21(28)20(17)22)11-14-5-3-2-4-6-14/h2-10,13,24H,11-12H2,1H3,(H,25,27). The fraction of sp³-hybridized carbons (Fsp3) is 0.190. The van der Waals surface area contributed by atoms with E-state index in [0.717, 1.165) is 11.1 Å². The molecule has 2 N–H and O–H groups in total. The number of hydrogen-bond donors (Lipinski definition) is 2. The number of carbonyl (C=O) groups is 1. The van der Waals surface area contributed by atoms with Crippen LogP contribution in [0.5, 0.6) is 5.75 Å². The Bertz CT molecular complexity index is 1110. The number of fused-ring (bicyclic) bond motifs is 1. The molecule has 2 heterocycles. The predicted octanol–water partition coefficient (Wildman–Crippen LogP) is 3.45. The van der Waals surface area contributed by atoms with Gasteiger partial charge in [-0.2, -0.15) is 5.10 Å². The van der Waals surface area contributed by atoms with Gasteiger partial charge < -0.3 is 15.4 Å². The summed E-state index contributed by atoms with van der Waals surface area (Å²) in [5, 5.41) is 10.3. The van der Waals surface area contributed by atoms with Crippen molar-refractivity contribution in [1.29, 1.82) is 0 Å². The molecule has 1 aliphatic rings. The highest BCUT2D eigenvalue weighted by atomic mass is 35.5. The van der Waals surface area contributed by atoms with Crippen LogP contribution in [-0.4, -0.2) is 22.3 Å². The minimum atomic E-state index is -0.362. The Kier molecular flexibility index (Phi) is 5.22. The number of amides is 1. The minimum Gasteiger partial charge on any atom is -0.482 e. The third kappa shape index (κ3) is 4.09. The summed E-state index contributed by atoms with van der Waals surface area (Å²) in [6.07, 6.45) is 1.55. The van der Waals surface area contributed by atoms with E-state index in [2.05, 4.69) is 15.7 Å². The SMILES string of the molecule is CC(Nc1cnn(Cc2ccccc2)c(=O)c1Cl)c1ccc2c(c1)NC(=O)CO2. The highest BCUT2D eigenvalue weighted by molar-refractivity contribution is 6.32. The largest absolute Gasteiger partial charge is 0.482 e. The van der Waals surface area contributed by atoms with E-state index in [1.807, 2.05) is 49.4 Å². The Morgan fingerprint density at radius 2 is 2.03 bits per heavy atom. The lowest BCUT2D eigenvalue weighted by molar-refractivity contribution is -0.118. The molecule has 1 amide bonds. The Labute approximate surface area is 172 Å². The van der Waals surface area contributed by atoms with E-state index in [1.165, 1.54) is 4.68 Å². The van der Waals surface area contributed by atoms with Crippen LogP contribution in [0.4, 0.5) is 11.4 Å². The zero-order chi connectivity index (χ0) is 20.4. The van der Waals surface area contributed by atoms with Crippen molar-refractivity contribution in [2.75, 3.05) is 17.2 Å². The van der Waals surface area contributed by atoms with Crippen LogP contribution < -0.4 is 20.9 Å². The van der Waals surface area contributed by atoms with Gasteiger partial charge in [-0.1, -0.05) is 48.0 Å². The van der Waals surface area contributed by atoms with Gasteiger partial charge >= 0.3 is 0 Å². The summed E-state index contributed by atoms with van der Waals surface area (Å²) in [5.41, 5.74) is 2.57. The van der Waals surface area contributed by atoms with E-state index >= 15 is 0 Å². The average Bonchev–Trinajstić information content (AvgIpc) is 2.73. The molecule has 1 aliphatic heterocycles. The first-order chi connectivity index (χ1) is 14.0. The number of carbonyl (C=O) groups excluding carboxylic acids is 1. The van der Waals surface area contributed by atoms with Gasteiger partial charge in [0.25, 0.3) is 11.5 Å². The van der Waals surface area contributed by atoms with E-state index in [9.17, 15) is 9.59 Å². The second-order valence-corrected chi connectivity index (χ2v) is 7.16. The summed E-state index contributed by atoms with van der Waals surface area (Å²) < 4.78 is 6.71. The van der Waals surface area contributed by atoms with Crippen molar-refractivity contribution in [3.63, 3.8) is 0 Å². The number of nitrogens with one attached hydrogen (secondary N) is 2. The van der Waals surface area contributed by atoms with Gasteiger partial charge in [-0.3, -0.25) is 9.59 Å². The quantitative estimate of drug-likeness (QED) is 0.673. The topological polar surface area (TPSA) is 85.3 Å². The summed E-state index contributed by atoms with van der Waals surface area (Å²) >= 11 is 6.32. The molecule has 4 rings (SSSR count). The molecule has 0 saturated carbocycles. The molecule has 0 saturated heterocycles. The minimum absolute atomic E-state index is 0.0146. The molecule has 29 heavy (non-hydrogen) atoms. The van der Waals surface area contributed by atoms with Crippen molar-refractivity contribution in [2.45, 2.75) is 19.5 Å². The summed E-state index contributed by atoms with van der Waals surface area (Å²) in [5.74, 6) is 0.438. The first-order valence-electron chi connectivity index (χ1n) is 9.14. The normalized spacial score (nSPS) is 13.8. The number of halogens is 1. The summed E-state index contributed by atoms with van der Waals surface area (Å²) in [6.45, 7) is 2.29. The summed E-state index contributed by atoms with van der Waals surface area (Å²) in [7, 11) is 0. The number of anilines is 2. The summed E-state index contributed by atoms with van der Waals surface area (Å²) in [6, 6.07) is 14.9. The molecule has 1 atom stereocenters. The van der Waals surface area contributed by atoms with Crippen molar-refractivity contribution in [3.8, 4) is 5.75 Å². The molecule has 3 aromatic rings. The molecule has 148 valence electrons. The van der Waals surface area contributed by atoms with Crippen LogP contribution in [0.15, 0.2) is 59.5 Å². The van der Waals surface area contributed by atoms with Crippen molar-refractivity contribution >= 4 is 28.9 Å². The molecule has 2 aromatic carbocycles. The Morgan fingerprint density at radius 1 is 1.24 bits per heavy atom. The van der Waals surface area contributed by atoms with Crippen molar-refractivity contribution in [3.05, 3.63) is 81.2 Å². The lowest BCUT2D eigenvalue weighted by atomic mass is 10.1. The highest BCUT2D eigenvalue weighted by Crippen LogP contribution is 2.32. The zero-order valence-corrected chi connectivity index (χ0v) is 16.4. The van der Waals surface area contributed by atoms with Crippen LogP contribution in [0.2, 0.25) is 5.02 Å². The zero-order valence-electron chi connectivity index (χ0n) is 15.7. The number of ether oxygens (including phenoxy) is 1. The van der Waals surface area contributed by atoms with E-state index in [-0.39, 0.29) is 29.1 Å². The molecule has 0 aliphatic carbocycles. The van der Waals surface area contributed by atoms with Gasteiger partial charge in [0, 0.05) is 6.04 Å². The van der Waals surface area contributed by atoms with Crippen LogP contribution in [-0.2, 0) is 11.3 Å². The van der Waals surface area contributed by atoms with Gasteiger partial charge in [0.1, 0.15) is 10.8 Å². The molecule has 1 unspecified atom stereocenters. The maximum atomic E-state index is 12.6. The number of aromatic nitrogens is 2. The van der Waals surface area contributed by atoms with Crippen LogP contribution in [0, 0.1) is 0 Å². The predicted molar refractivity (Wildman–Crippen MR) is 112 cm³/mol. The smallest absolute Gasteiger partial charge is 0.287 e. The molecule has 0 fully saturated rings. The maximum Gasteiger partial charge on any atom is 0.287 e. The monoisotopic (exact) mass is 410 g/mol. The number of hydrogen-bond acceptors (Lipinski definition) is 5. The number of rotatable bonds is 5. The Morgan fingerprint density at radius 3 is 2.83 bits per heavy atom. The number of nitrogens with zero attached hydrogens (tertiary/aromatic N) is 2. The van der Waals surface area contributed by atoms with Gasteiger partial charge in [-0.15, -0.1) is 0 Å². The Balaban J connectivity index is 1.53. The molecule has 1 aromatic heterocycles. The van der Waals surface area contributed by atoms with E-state index in [4.69, 9.17) is 16.3 Å². The van der Waals surface area contributed by atoms with Gasteiger partial charge in [-0.25, -0.2) is 4.68 Å². The fourth-order valence-corrected chi connectivity index (χ4v) is 3.32. The fourth-order valence-electron chi connectivity index (χ4n) is 3.12. The third-order valence-electron chi connectivity index (χ3n) is 4.67. The Hall–Kier alpha value is -3.32. The lowest BCUT2D eigenvalue weighted by Gasteiger charge is -2.21. The average molecular weight is 411 g/mol. The van der Waals surface area contributed by atoms with E-state index in [1.54, 1.807) is 12.3 Å². The molecule has 0 radical (unpaired) electrons. The molecule has 8 heteroatoms. The van der Waals surface area contributed by atoms with E-state index in [0.29, 0.717) is 23.7 Å². The molecule has 0 bridgehead atoms. The lowest BCUT2D eigenvalue weighted by Crippen LogP contribution is -2.26. The van der Waals surface area contributed by atoms with E-state index < -0.39 is 0 Å². The molecule has 7 nitrogen and oxygen atoms in total. The molecular formula is C21H19ClN4O3. The number of benzene rings is 2. The first kappa shape index (κ1) is 19.0. The van der Waals surface area contributed by atoms with Gasteiger partial charge in [-0.05, 0) is 30.2 Å². The highest BCUT2D eigenvalue weighted by Gasteiger charge is 2.18. The van der Waals surface area contributed by atoms with Crippen LogP contribution >= 0.6 is 11.6 Å². The van der Waals surface area contributed by atoms with Gasteiger partial charge in [0.05, 0.1) is 24.1 Å². The van der Waals surface area contributed by atoms with Crippen LogP contribution in [0.25, 0.3) is 0 Å². The van der Waals surface area contributed by atoms with Crippen molar-refractivity contribution in [1.82, 2.24) is 9.78 Å². The van der Waals surface area contributed by atoms with Gasteiger partial charge in [0.15, 0.2) is 6.61 Å². The maximum absolute atomic E-state index is 12.6. The summed E-state index contributed by atoms with van der Waals surface area (Å²) in [4.78, 5) is 24.1. The van der Waals surface area contributed by atoms with Crippen molar-refractivity contribution in [2.24, 2.45) is 0 Å². The third-order valence-corrected chi connectivity index (χ3v) is 5.03. The van der Waals surface area contributed by atoms with Crippen molar-refractivity contribution < 1.29 is 9.53 Å². The molecule has 0 spiro atoms. The first-order valence-corrected chi connectivity index (χ1v) is 9.52. The molecular weight excluding hydrogens is 392 g/mol. The van der Waals surface area contributed by atoms with Crippen LogP contribution in [0.1, 0.15) is 24.1 Å². The van der Waals surface area contributed by atoms with Gasteiger partial charge in [0.2, 0.25) is 0 Å².